The summed E-state index contributed by atoms with van der Waals surface area (Å²) in [7, 11) is 3.03. The van der Waals surface area contributed by atoms with Gasteiger partial charge in [-0.15, -0.1) is 0 Å². The van der Waals surface area contributed by atoms with Gasteiger partial charge < -0.3 is 24.8 Å². The number of halogens is 2. The first-order valence-electron chi connectivity index (χ1n) is 11.7. The van der Waals surface area contributed by atoms with E-state index in [1.807, 2.05) is 0 Å². The number of anilines is 2. The molecule has 1 fully saturated rings. The number of fused-ring (bicyclic) bond motifs is 1. The van der Waals surface area contributed by atoms with Crippen LogP contribution in [0, 0.1) is 23.5 Å². The zero-order chi connectivity index (χ0) is 26.8. The van der Waals surface area contributed by atoms with Crippen LogP contribution in [0.4, 0.5) is 20.2 Å². The third kappa shape index (κ3) is 5.19. The molecule has 10 heteroatoms. The van der Waals surface area contributed by atoms with Crippen LogP contribution in [0.15, 0.2) is 66.9 Å². The van der Waals surface area contributed by atoms with E-state index in [9.17, 15) is 18.4 Å². The lowest BCUT2D eigenvalue weighted by Gasteiger charge is -2.13. The van der Waals surface area contributed by atoms with Gasteiger partial charge in [0.25, 0.3) is 0 Å². The molecule has 2 atom stereocenters. The third-order valence-corrected chi connectivity index (χ3v) is 6.20. The summed E-state index contributed by atoms with van der Waals surface area (Å²) in [5, 5.41) is 5.91. The van der Waals surface area contributed by atoms with Crippen LogP contribution < -0.4 is 24.8 Å². The molecule has 1 aliphatic carbocycles. The number of aromatic nitrogens is 1. The highest BCUT2D eigenvalue weighted by molar-refractivity contribution is 6.03. The topological polar surface area (TPSA) is 98.8 Å². The summed E-state index contributed by atoms with van der Waals surface area (Å²) < 4.78 is 44.4. The summed E-state index contributed by atoms with van der Waals surface area (Å²) in [6.45, 7) is 0. The fourth-order valence-corrected chi connectivity index (χ4v) is 4.09. The number of hydrogen-bond acceptors (Lipinski definition) is 6. The second-order valence-corrected chi connectivity index (χ2v) is 8.71. The minimum atomic E-state index is -0.686. The molecule has 5 rings (SSSR count). The predicted molar refractivity (Wildman–Crippen MR) is 137 cm³/mol. The molecule has 194 valence electrons. The lowest BCUT2D eigenvalue weighted by Crippen LogP contribution is -2.20. The van der Waals surface area contributed by atoms with E-state index in [1.54, 1.807) is 18.2 Å². The Morgan fingerprint density at radius 2 is 1.42 bits per heavy atom. The number of hydrogen-bond donors (Lipinski definition) is 2. The molecule has 4 aromatic rings. The van der Waals surface area contributed by atoms with Gasteiger partial charge in [0.1, 0.15) is 11.6 Å². The van der Waals surface area contributed by atoms with Gasteiger partial charge in [-0.3, -0.25) is 14.6 Å². The summed E-state index contributed by atoms with van der Waals surface area (Å²) in [5.41, 5.74) is 1.25. The molecular weight excluding hydrogens is 496 g/mol. The average Bonchev–Trinajstić information content (AvgIpc) is 3.72. The van der Waals surface area contributed by atoms with Gasteiger partial charge in [-0.2, -0.15) is 0 Å². The summed E-state index contributed by atoms with van der Waals surface area (Å²) in [5.74, 6) is -1.58. The second kappa shape index (κ2) is 10.3. The van der Waals surface area contributed by atoms with Crippen molar-refractivity contribution >= 4 is 34.1 Å². The minimum Gasteiger partial charge on any atom is -0.493 e. The van der Waals surface area contributed by atoms with E-state index in [4.69, 9.17) is 14.2 Å². The zero-order valence-corrected chi connectivity index (χ0v) is 20.5. The summed E-state index contributed by atoms with van der Waals surface area (Å²) in [6.07, 6.45) is 1.90. The van der Waals surface area contributed by atoms with Crippen molar-refractivity contribution in [3.8, 4) is 23.0 Å². The summed E-state index contributed by atoms with van der Waals surface area (Å²) in [6, 6.07) is 14.4. The van der Waals surface area contributed by atoms with Crippen LogP contribution in [0.5, 0.6) is 23.0 Å². The predicted octanol–water partition coefficient (Wildman–Crippen LogP) is 5.54. The fraction of sp³-hybridized carbons (Fsp3) is 0.179. The van der Waals surface area contributed by atoms with Crippen LogP contribution in [0.1, 0.15) is 6.42 Å². The average molecular weight is 520 g/mol. The van der Waals surface area contributed by atoms with Crippen LogP contribution in [0.25, 0.3) is 10.9 Å². The smallest absolute Gasteiger partial charge is 0.228 e. The highest BCUT2D eigenvalue weighted by atomic mass is 19.1. The number of nitrogens with zero attached hydrogens (tertiary/aromatic N) is 1. The van der Waals surface area contributed by atoms with Crippen molar-refractivity contribution in [1.82, 2.24) is 4.98 Å². The molecule has 0 radical (unpaired) electrons. The maximum absolute atomic E-state index is 14.9. The van der Waals surface area contributed by atoms with Crippen molar-refractivity contribution in [2.24, 2.45) is 11.8 Å². The maximum Gasteiger partial charge on any atom is 0.228 e. The number of rotatable bonds is 8. The lowest BCUT2D eigenvalue weighted by molar-refractivity contribution is -0.122. The molecule has 38 heavy (non-hydrogen) atoms. The number of ether oxygens (including phenoxy) is 3. The summed E-state index contributed by atoms with van der Waals surface area (Å²) >= 11 is 0. The number of benzene rings is 3. The Kier molecular flexibility index (Phi) is 6.78. The van der Waals surface area contributed by atoms with Gasteiger partial charge in [-0.25, -0.2) is 8.78 Å². The maximum atomic E-state index is 14.9. The second-order valence-electron chi connectivity index (χ2n) is 8.71. The molecule has 0 saturated heterocycles. The molecule has 2 amide bonds. The van der Waals surface area contributed by atoms with E-state index in [1.165, 1.54) is 56.8 Å². The Morgan fingerprint density at radius 3 is 2.08 bits per heavy atom. The SMILES string of the molecule is COc1cc2nccc(Oc3ccc(NC(=O)[C@@H]4C[C@@H]4C(=O)Nc4ccc(F)cc4)cc3F)c2cc1OC. The molecule has 1 aliphatic rings. The molecule has 3 aromatic carbocycles. The van der Waals surface area contributed by atoms with E-state index in [0.717, 1.165) is 6.07 Å². The molecule has 0 aliphatic heterocycles. The van der Waals surface area contributed by atoms with E-state index >= 15 is 0 Å². The van der Waals surface area contributed by atoms with Gasteiger partial charge in [-0.05, 0) is 55.0 Å². The number of methoxy groups -OCH3 is 2. The van der Waals surface area contributed by atoms with Gasteiger partial charge in [0.05, 0.1) is 31.6 Å². The van der Waals surface area contributed by atoms with Crippen LogP contribution in [-0.2, 0) is 9.59 Å². The minimum absolute atomic E-state index is 0.0479. The fourth-order valence-electron chi connectivity index (χ4n) is 4.09. The van der Waals surface area contributed by atoms with Crippen LogP contribution in [-0.4, -0.2) is 31.0 Å². The first-order valence-corrected chi connectivity index (χ1v) is 11.7. The quantitative estimate of drug-likeness (QED) is 0.317. The van der Waals surface area contributed by atoms with E-state index < -0.39 is 29.4 Å². The largest absolute Gasteiger partial charge is 0.493 e. The molecular formula is C28H23F2N3O5. The number of pyridine rings is 1. The highest BCUT2D eigenvalue weighted by Gasteiger charge is 2.48. The van der Waals surface area contributed by atoms with Crippen LogP contribution in [0.2, 0.25) is 0 Å². The van der Waals surface area contributed by atoms with Gasteiger partial charge in [0.2, 0.25) is 11.8 Å². The van der Waals surface area contributed by atoms with Crippen molar-refractivity contribution in [1.29, 1.82) is 0 Å². The van der Waals surface area contributed by atoms with Crippen molar-refractivity contribution in [2.45, 2.75) is 6.42 Å². The van der Waals surface area contributed by atoms with Crippen molar-refractivity contribution in [3.05, 3.63) is 78.5 Å². The van der Waals surface area contributed by atoms with Crippen molar-refractivity contribution in [3.63, 3.8) is 0 Å². The monoisotopic (exact) mass is 519 g/mol. The van der Waals surface area contributed by atoms with E-state index in [2.05, 4.69) is 15.6 Å². The normalized spacial score (nSPS) is 16.0. The summed E-state index contributed by atoms with van der Waals surface area (Å²) in [4.78, 5) is 29.3. The Balaban J connectivity index is 1.24. The standard InChI is InChI=1S/C28H23F2N3O5/c1-36-25-13-20-22(14-26(25)37-2)31-10-9-23(20)38-24-8-7-17(11-21(24)30)33-28(35)19-12-18(19)27(34)32-16-5-3-15(29)4-6-16/h3-11,13-14,18-19H,12H2,1-2H3,(H,32,34)(H,33,35)/t18-,19+/m0/s1. The van der Waals surface area contributed by atoms with Gasteiger partial charge in [-0.1, -0.05) is 0 Å². The Hall–Kier alpha value is -4.73. The van der Waals surface area contributed by atoms with Gasteiger partial charge >= 0.3 is 0 Å². The molecule has 0 unspecified atom stereocenters. The Bertz CT molecular complexity index is 1530. The molecule has 1 saturated carbocycles. The Morgan fingerprint density at radius 1 is 0.789 bits per heavy atom. The number of nitrogens with one attached hydrogen (secondary N) is 2. The Labute approximate surface area is 216 Å². The van der Waals surface area contributed by atoms with E-state index in [0.29, 0.717) is 40.3 Å². The molecule has 1 aromatic heterocycles. The first kappa shape index (κ1) is 24.9. The molecule has 2 N–H and O–H groups in total. The van der Waals surface area contributed by atoms with Gasteiger partial charge in [0, 0.05) is 35.1 Å². The van der Waals surface area contributed by atoms with Crippen molar-refractivity contribution in [2.75, 3.05) is 24.9 Å². The lowest BCUT2D eigenvalue weighted by atomic mass is 10.1. The third-order valence-electron chi connectivity index (χ3n) is 6.20. The zero-order valence-electron chi connectivity index (χ0n) is 20.5. The van der Waals surface area contributed by atoms with E-state index in [-0.39, 0.29) is 17.3 Å². The highest BCUT2D eigenvalue weighted by Crippen LogP contribution is 2.41. The molecule has 1 heterocycles. The molecule has 0 bridgehead atoms. The first-order chi connectivity index (χ1) is 18.4. The molecule has 0 spiro atoms. The number of carbonyl (C=O) groups excluding carboxylic acids is 2. The van der Waals surface area contributed by atoms with Crippen LogP contribution in [0.3, 0.4) is 0 Å². The van der Waals surface area contributed by atoms with Gasteiger partial charge in [0.15, 0.2) is 23.1 Å². The molecule has 8 nitrogen and oxygen atoms in total. The van der Waals surface area contributed by atoms with Crippen LogP contribution >= 0.6 is 0 Å². The van der Waals surface area contributed by atoms with Crippen molar-refractivity contribution < 1.29 is 32.6 Å². The number of carbonyl (C=O) groups is 2. The number of amides is 2.